The second kappa shape index (κ2) is 5.07. The maximum absolute atomic E-state index is 12.3. The van der Waals surface area contributed by atoms with Gasteiger partial charge in [-0.2, -0.15) is 13.2 Å². The quantitative estimate of drug-likeness (QED) is 0.458. The zero-order valence-electron chi connectivity index (χ0n) is 11.0. The van der Waals surface area contributed by atoms with E-state index in [1.807, 2.05) is 0 Å². The van der Waals surface area contributed by atoms with Crippen LogP contribution in [0.5, 0.6) is 5.75 Å². The lowest BCUT2D eigenvalue weighted by Crippen LogP contribution is -2.21. The molecule has 0 saturated heterocycles. The summed E-state index contributed by atoms with van der Waals surface area (Å²) in [5.41, 5.74) is -0.988. The van der Waals surface area contributed by atoms with Gasteiger partial charge in [0, 0.05) is 5.57 Å². The van der Waals surface area contributed by atoms with Gasteiger partial charge < -0.3 is 4.74 Å². The van der Waals surface area contributed by atoms with E-state index >= 15 is 0 Å². The van der Waals surface area contributed by atoms with Gasteiger partial charge in [0.1, 0.15) is 5.75 Å². The molecule has 0 spiro atoms. The minimum absolute atomic E-state index is 0.0587. The van der Waals surface area contributed by atoms with Crippen LogP contribution in [-0.4, -0.2) is 5.97 Å². The van der Waals surface area contributed by atoms with Crippen LogP contribution >= 0.6 is 0 Å². The van der Waals surface area contributed by atoms with Gasteiger partial charge in [-0.05, 0) is 29.7 Å². The van der Waals surface area contributed by atoms with Crippen LogP contribution in [0.15, 0.2) is 36.4 Å². The van der Waals surface area contributed by atoms with Crippen LogP contribution in [-0.2, 0) is 11.0 Å². The molecule has 0 aromatic heterocycles. The number of hydrogen-bond donors (Lipinski definition) is 0. The molecule has 0 aliphatic heterocycles. The van der Waals surface area contributed by atoms with Crippen molar-refractivity contribution < 1.29 is 22.7 Å². The van der Waals surface area contributed by atoms with Crippen molar-refractivity contribution in [3.8, 4) is 5.75 Å². The van der Waals surface area contributed by atoms with Gasteiger partial charge in [0.2, 0.25) is 0 Å². The molecule has 1 rings (SSSR count). The highest BCUT2D eigenvalue weighted by Gasteiger charge is 2.30. The van der Waals surface area contributed by atoms with Gasteiger partial charge in [0.15, 0.2) is 0 Å². The van der Waals surface area contributed by atoms with Crippen LogP contribution in [0.2, 0.25) is 0 Å². The Morgan fingerprint density at radius 3 is 1.95 bits per heavy atom. The monoisotopic (exact) mass is 272 g/mol. The topological polar surface area (TPSA) is 26.3 Å². The van der Waals surface area contributed by atoms with E-state index in [0.717, 1.165) is 24.3 Å². The molecule has 0 aliphatic rings. The molecule has 0 heterocycles. The molecular weight excluding hydrogens is 257 g/mol. The van der Waals surface area contributed by atoms with E-state index in [4.69, 9.17) is 4.74 Å². The Hall–Kier alpha value is -1.78. The van der Waals surface area contributed by atoms with Gasteiger partial charge in [-0.15, -0.1) is 0 Å². The van der Waals surface area contributed by atoms with Crippen molar-refractivity contribution in [2.45, 2.75) is 26.9 Å². The molecule has 0 atom stereocenters. The van der Waals surface area contributed by atoms with Crippen LogP contribution in [0.1, 0.15) is 26.3 Å². The van der Waals surface area contributed by atoms with E-state index in [0.29, 0.717) is 0 Å². The van der Waals surface area contributed by atoms with Crippen molar-refractivity contribution in [1.29, 1.82) is 0 Å². The summed E-state index contributed by atoms with van der Waals surface area (Å²) in [6.45, 7) is 9.01. The maximum atomic E-state index is 12.3. The third-order valence-electron chi connectivity index (χ3n) is 2.54. The molecule has 1 aromatic rings. The first-order valence-electron chi connectivity index (χ1n) is 5.60. The number of rotatable bonds is 2. The van der Waals surface area contributed by atoms with Gasteiger partial charge in [0.05, 0.1) is 5.56 Å². The summed E-state index contributed by atoms with van der Waals surface area (Å²) in [6, 6.07) is 3.94. The van der Waals surface area contributed by atoms with Crippen LogP contribution in [0.4, 0.5) is 13.2 Å². The second-order valence-corrected chi connectivity index (χ2v) is 5.14. The van der Waals surface area contributed by atoms with E-state index in [1.54, 1.807) is 20.8 Å². The summed E-state index contributed by atoms with van der Waals surface area (Å²) in [5.74, 6) is -0.587. The highest BCUT2D eigenvalue weighted by molar-refractivity contribution is 5.90. The van der Waals surface area contributed by atoms with E-state index in [1.165, 1.54) is 0 Å². The molecule has 104 valence electrons. The number of carbonyl (C=O) groups is 1. The van der Waals surface area contributed by atoms with E-state index in [-0.39, 0.29) is 11.3 Å². The van der Waals surface area contributed by atoms with Crippen molar-refractivity contribution in [2.24, 2.45) is 5.41 Å². The molecule has 0 amide bonds. The molecule has 0 aliphatic carbocycles. The number of ether oxygens (including phenoxy) is 1. The van der Waals surface area contributed by atoms with Crippen molar-refractivity contribution in [2.75, 3.05) is 0 Å². The normalized spacial score (nSPS) is 12.1. The number of carbonyl (C=O) groups excluding carboxylic acids is 1. The van der Waals surface area contributed by atoms with E-state index in [2.05, 4.69) is 6.58 Å². The van der Waals surface area contributed by atoms with Crippen LogP contribution in [0.25, 0.3) is 0 Å². The van der Waals surface area contributed by atoms with Gasteiger partial charge in [-0.3, -0.25) is 0 Å². The Bertz CT molecular complexity index is 479. The van der Waals surface area contributed by atoms with Gasteiger partial charge in [0.25, 0.3) is 0 Å². The zero-order valence-corrected chi connectivity index (χ0v) is 11.0. The standard InChI is InChI=1S/C14H15F3O2/c1-9(13(2,3)4)12(18)19-11-7-5-10(6-8-11)14(15,16)17/h5-8H,1H2,2-4H3. The molecule has 2 nitrogen and oxygen atoms in total. The molecular formula is C14H15F3O2. The molecule has 0 bridgehead atoms. The molecule has 0 unspecified atom stereocenters. The number of halogens is 3. The minimum atomic E-state index is -4.41. The number of alkyl halides is 3. The fourth-order valence-electron chi connectivity index (χ4n) is 1.19. The predicted molar refractivity (Wildman–Crippen MR) is 65.7 cm³/mol. The highest BCUT2D eigenvalue weighted by atomic mass is 19.4. The summed E-state index contributed by atoms with van der Waals surface area (Å²) in [4.78, 5) is 11.7. The minimum Gasteiger partial charge on any atom is -0.423 e. The largest absolute Gasteiger partial charge is 0.423 e. The number of esters is 1. The summed E-state index contributed by atoms with van der Waals surface area (Å²) in [5, 5.41) is 0. The van der Waals surface area contributed by atoms with E-state index < -0.39 is 23.1 Å². The fourth-order valence-corrected chi connectivity index (χ4v) is 1.19. The fraction of sp³-hybridized carbons (Fsp3) is 0.357. The summed E-state index contributed by atoms with van der Waals surface area (Å²) >= 11 is 0. The molecule has 0 N–H and O–H groups in total. The molecule has 0 saturated carbocycles. The SMILES string of the molecule is C=C(C(=O)Oc1ccc(C(F)(F)F)cc1)C(C)(C)C. The van der Waals surface area contributed by atoms with Crippen molar-refractivity contribution in [1.82, 2.24) is 0 Å². The first-order chi connectivity index (χ1) is 8.51. The van der Waals surface area contributed by atoms with Gasteiger partial charge >= 0.3 is 12.1 Å². The summed E-state index contributed by atoms with van der Waals surface area (Å²) < 4.78 is 42.0. The second-order valence-electron chi connectivity index (χ2n) is 5.14. The first kappa shape index (κ1) is 15.3. The smallest absolute Gasteiger partial charge is 0.416 e. The lowest BCUT2D eigenvalue weighted by Gasteiger charge is -2.19. The predicted octanol–water partition coefficient (Wildman–Crippen LogP) is 4.21. The Kier molecular flexibility index (Phi) is 4.08. The molecule has 19 heavy (non-hydrogen) atoms. The van der Waals surface area contributed by atoms with Gasteiger partial charge in [-0.25, -0.2) is 4.79 Å². The average Bonchev–Trinajstić information content (AvgIpc) is 2.26. The van der Waals surface area contributed by atoms with Crippen LogP contribution < -0.4 is 4.74 Å². The zero-order chi connectivity index (χ0) is 14.8. The lowest BCUT2D eigenvalue weighted by molar-refractivity contribution is -0.137. The van der Waals surface area contributed by atoms with Crippen LogP contribution in [0, 0.1) is 5.41 Å². The number of benzene rings is 1. The molecule has 5 heteroatoms. The molecule has 0 radical (unpaired) electrons. The van der Waals surface area contributed by atoms with Crippen molar-refractivity contribution in [3.05, 3.63) is 42.0 Å². The Labute approximate surface area is 109 Å². The summed E-state index contributed by atoms with van der Waals surface area (Å²) in [7, 11) is 0. The highest BCUT2D eigenvalue weighted by Crippen LogP contribution is 2.31. The maximum Gasteiger partial charge on any atom is 0.416 e. The average molecular weight is 272 g/mol. The van der Waals surface area contributed by atoms with Crippen LogP contribution in [0.3, 0.4) is 0 Å². The third kappa shape index (κ3) is 4.12. The molecule has 0 fully saturated rings. The molecule has 1 aromatic carbocycles. The van der Waals surface area contributed by atoms with Crippen molar-refractivity contribution in [3.63, 3.8) is 0 Å². The number of hydrogen-bond acceptors (Lipinski definition) is 2. The lowest BCUT2D eigenvalue weighted by atomic mass is 9.88. The summed E-state index contributed by atoms with van der Waals surface area (Å²) in [6.07, 6.45) is -4.41. The van der Waals surface area contributed by atoms with Gasteiger partial charge in [-0.1, -0.05) is 27.4 Å². The Morgan fingerprint density at radius 2 is 1.58 bits per heavy atom. The third-order valence-corrected chi connectivity index (χ3v) is 2.54. The Balaban J connectivity index is 2.80. The van der Waals surface area contributed by atoms with E-state index in [9.17, 15) is 18.0 Å². The van der Waals surface area contributed by atoms with Crippen molar-refractivity contribution >= 4 is 5.97 Å². The Morgan fingerprint density at radius 1 is 1.11 bits per heavy atom. The first-order valence-corrected chi connectivity index (χ1v) is 5.60.